The summed E-state index contributed by atoms with van der Waals surface area (Å²) in [6, 6.07) is 1.68. The monoisotopic (exact) mass is 265 g/mol. The van der Waals surface area contributed by atoms with Gasteiger partial charge in [-0.05, 0) is 19.3 Å². The number of carboxylic acids is 1. The lowest BCUT2D eigenvalue weighted by Gasteiger charge is -2.39. The zero-order chi connectivity index (χ0) is 13.9. The second kappa shape index (κ2) is 5.42. The number of ether oxygens (including phenoxy) is 1. The van der Waals surface area contributed by atoms with Gasteiger partial charge in [-0.2, -0.15) is 4.98 Å². The van der Waals surface area contributed by atoms with Crippen LogP contribution < -0.4 is 9.64 Å². The van der Waals surface area contributed by atoms with Crippen molar-refractivity contribution in [2.75, 3.05) is 25.1 Å². The number of aliphatic carboxylic acids is 1. The molecule has 0 radical (unpaired) electrons. The Kier molecular flexibility index (Phi) is 3.87. The highest BCUT2D eigenvalue weighted by Crippen LogP contribution is 2.35. The molecule has 0 aromatic carbocycles. The summed E-state index contributed by atoms with van der Waals surface area (Å²) < 4.78 is 5.08. The minimum Gasteiger partial charge on any atom is -0.481 e. The van der Waals surface area contributed by atoms with Gasteiger partial charge in [0.15, 0.2) is 0 Å². The second-order valence-electron chi connectivity index (χ2n) is 4.86. The molecule has 2 rings (SSSR count). The van der Waals surface area contributed by atoms with Gasteiger partial charge in [0.25, 0.3) is 0 Å². The minimum absolute atomic E-state index is 0.450. The van der Waals surface area contributed by atoms with Crippen molar-refractivity contribution in [2.24, 2.45) is 5.41 Å². The molecular weight excluding hydrogens is 246 g/mol. The fourth-order valence-corrected chi connectivity index (χ4v) is 2.52. The van der Waals surface area contributed by atoms with Crippen molar-refractivity contribution in [1.82, 2.24) is 9.97 Å². The average Bonchev–Trinajstić information content (AvgIpc) is 2.47. The molecule has 0 spiro atoms. The number of hydrogen-bond acceptors (Lipinski definition) is 5. The number of anilines is 1. The zero-order valence-corrected chi connectivity index (χ0v) is 11.3. The first-order chi connectivity index (χ1) is 9.11. The SMILES string of the molecule is CC[C@]1(C(=O)O)CCCN(c2nccc(OC)n2)C1. The maximum absolute atomic E-state index is 11.5. The lowest BCUT2D eigenvalue weighted by molar-refractivity contribution is -0.149. The zero-order valence-electron chi connectivity index (χ0n) is 11.3. The fourth-order valence-electron chi connectivity index (χ4n) is 2.52. The lowest BCUT2D eigenvalue weighted by Crippen LogP contribution is -2.48. The summed E-state index contributed by atoms with van der Waals surface area (Å²) in [4.78, 5) is 21.9. The third kappa shape index (κ3) is 2.62. The molecule has 6 heteroatoms. The molecule has 6 nitrogen and oxygen atoms in total. The normalized spacial score (nSPS) is 23.2. The Morgan fingerprint density at radius 3 is 3.05 bits per heavy atom. The van der Waals surface area contributed by atoms with Crippen molar-refractivity contribution in [3.05, 3.63) is 12.3 Å². The molecule has 0 bridgehead atoms. The molecular formula is C13H19N3O3. The number of hydrogen-bond donors (Lipinski definition) is 1. The average molecular weight is 265 g/mol. The maximum Gasteiger partial charge on any atom is 0.311 e. The van der Waals surface area contributed by atoms with Gasteiger partial charge in [-0.25, -0.2) is 4.98 Å². The lowest BCUT2D eigenvalue weighted by atomic mass is 9.78. The van der Waals surface area contributed by atoms with E-state index in [-0.39, 0.29) is 0 Å². The summed E-state index contributed by atoms with van der Waals surface area (Å²) in [6.45, 7) is 3.15. The molecule has 2 heterocycles. The van der Waals surface area contributed by atoms with E-state index in [1.807, 2.05) is 11.8 Å². The molecule has 0 aliphatic carbocycles. The first kappa shape index (κ1) is 13.6. The fraction of sp³-hybridized carbons (Fsp3) is 0.615. The van der Waals surface area contributed by atoms with Crippen LogP contribution in [0.15, 0.2) is 12.3 Å². The molecule has 1 aliphatic rings. The van der Waals surface area contributed by atoms with E-state index in [0.29, 0.717) is 31.2 Å². The van der Waals surface area contributed by atoms with E-state index >= 15 is 0 Å². The number of rotatable bonds is 4. The van der Waals surface area contributed by atoms with Gasteiger partial charge in [-0.3, -0.25) is 4.79 Å². The molecule has 19 heavy (non-hydrogen) atoms. The van der Waals surface area contributed by atoms with E-state index in [1.165, 1.54) is 0 Å². The second-order valence-corrected chi connectivity index (χ2v) is 4.86. The van der Waals surface area contributed by atoms with Crippen LogP contribution in [0, 0.1) is 5.41 Å². The third-order valence-electron chi connectivity index (χ3n) is 3.82. The molecule has 1 aliphatic heterocycles. The van der Waals surface area contributed by atoms with E-state index in [9.17, 15) is 9.90 Å². The number of piperidine rings is 1. The highest BCUT2D eigenvalue weighted by Gasteiger charge is 2.41. The van der Waals surface area contributed by atoms with Crippen LogP contribution in [0.4, 0.5) is 5.95 Å². The number of aromatic nitrogens is 2. The Balaban J connectivity index is 2.23. The van der Waals surface area contributed by atoms with Crippen molar-refractivity contribution in [3.63, 3.8) is 0 Å². The molecule has 1 atom stereocenters. The summed E-state index contributed by atoms with van der Waals surface area (Å²) >= 11 is 0. The quantitative estimate of drug-likeness (QED) is 0.890. The molecule has 1 fully saturated rings. The Morgan fingerprint density at radius 1 is 1.63 bits per heavy atom. The van der Waals surface area contributed by atoms with Crippen LogP contribution in [0.25, 0.3) is 0 Å². The van der Waals surface area contributed by atoms with Crippen LogP contribution >= 0.6 is 0 Å². The number of carbonyl (C=O) groups is 1. The van der Waals surface area contributed by atoms with Crippen LogP contribution in [-0.2, 0) is 4.79 Å². The summed E-state index contributed by atoms with van der Waals surface area (Å²) in [5.41, 5.74) is -0.690. The molecule has 0 unspecified atom stereocenters. The predicted molar refractivity (Wildman–Crippen MR) is 70.4 cm³/mol. The van der Waals surface area contributed by atoms with Crippen LogP contribution in [0.3, 0.4) is 0 Å². The summed E-state index contributed by atoms with van der Waals surface area (Å²) in [5.74, 6) is 0.300. The summed E-state index contributed by atoms with van der Waals surface area (Å²) in [5, 5.41) is 9.46. The van der Waals surface area contributed by atoms with Gasteiger partial charge in [-0.1, -0.05) is 6.92 Å². The van der Waals surface area contributed by atoms with Crippen molar-refractivity contribution >= 4 is 11.9 Å². The number of nitrogens with zero attached hydrogens (tertiary/aromatic N) is 3. The Hall–Kier alpha value is -1.85. The standard InChI is InChI=1S/C13H19N3O3/c1-3-13(11(17)18)6-4-8-16(9-13)12-14-7-5-10(15-12)19-2/h5,7H,3-4,6,8-9H2,1-2H3,(H,17,18)/t13-/m0/s1. The predicted octanol–water partition coefficient (Wildman–Crippen LogP) is 1.57. The first-order valence-electron chi connectivity index (χ1n) is 6.46. The van der Waals surface area contributed by atoms with Gasteiger partial charge >= 0.3 is 5.97 Å². The van der Waals surface area contributed by atoms with Gasteiger partial charge in [-0.15, -0.1) is 0 Å². The van der Waals surface area contributed by atoms with Crippen molar-refractivity contribution < 1.29 is 14.6 Å². The Morgan fingerprint density at radius 2 is 2.42 bits per heavy atom. The van der Waals surface area contributed by atoms with E-state index in [2.05, 4.69) is 9.97 Å². The van der Waals surface area contributed by atoms with Crippen molar-refractivity contribution in [1.29, 1.82) is 0 Å². The van der Waals surface area contributed by atoms with Gasteiger partial charge in [0.2, 0.25) is 11.8 Å². The molecule has 0 amide bonds. The molecule has 1 aromatic rings. The Labute approximate surface area is 112 Å². The molecule has 0 saturated carbocycles. The number of methoxy groups -OCH3 is 1. The van der Waals surface area contributed by atoms with Gasteiger partial charge < -0.3 is 14.7 Å². The van der Waals surface area contributed by atoms with Crippen molar-refractivity contribution in [2.45, 2.75) is 26.2 Å². The topological polar surface area (TPSA) is 75.5 Å². The smallest absolute Gasteiger partial charge is 0.311 e. The van der Waals surface area contributed by atoms with Gasteiger partial charge in [0.1, 0.15) is 0 Å². The maximum atomic E-state index is 11.5. The van der Waals surface area contributed by atoms with Crippen LogP contribution in [0.2, 0.25) is 0 Å². The van der Waals surface area contributed by atoms with Crippen LogP contribution in [0.1, 0.15) is 26.2 Å². The van der Waals surface area contributed by atoms with Gasteiger partial charge in [0, 0.05) is 25.4 Å². The summed E-state index contributed by atoms with van der Waals surface area (Å²) in [7, 11) is 1.55. The molecule has 1 aromatic heterocycles. The number of carboxylic acid groups (broad SMARTS) is 1. The molecule has 104 valence electrons. The van der Waals surface area contributed by atoms with Gasteiger partial charge in [0.05, 0.1) is 12.5 Å². The first-order valence-corrected chi connectivity index (χ1v) is 6.46. The van der Waals surface area contributed by atoms with Crippen LogP contribution in [0.5, 0.6) is 5.88 Å². The summed E-state index contributed by atoms with van der Waals surface area (Å²) in [6.07, 6.45) is 3.78. The highest BCUT2D eigenvalue weighted by molar-refractivity contribution is 5.75. The van der Waals surface area contributed by atoms with E-state index in [0.717, 1.165) is 13.0 Å². The third-order valence-corrected chi connectivity index (χ3v) is 3.82. The largest absolute Gasteiger partial charge is 0.481 e. The van der Waals surface area contributed by atoms with Crippen molar-refractivity contribution in [3.8, 4) is 5.88 Å². The van der Waals surface area contributed by atoms with E-state index in [1.54, 1.807) is 19.4 Å². The van der Waals surface area contributed by atoms with E-state index < -0.39 is 11.4 Å². The highest BCUT2D eigenvalue weighted by atomic mass is 16.5. The molecule has 1 saturated heterocycles. The van der Waals surface area contributed by atoms with Crippen LogP contribution in [-0.4, -0.2) is 41.2 Å². The Bertz CT molecular complexity index is 466. The molecule has 1 N–H and O–H groups in total. The van der Waals surface area contributed by atoms with E-state index in [4.69, 9.17) is 4.74 Å². The minimum atomic E-state index is -0.734.